The van der Waals surface area contributed by atoms with Crippen molar-refractivity contribution in [3.63, 3.8) is 0 Å². The van der Waals surface area contributed by atoms with Crippen molar-refractivity contribution < 1.29 is 22.8 Å². The molecule has 0 aliphatic carbocycles. The van der Waals surface area contributed by atoms with Gasteiger partial charge in [-0.3, -0.25) is 9.59 Å². The molecule has 0 radical (unpaired) electrons. The summed E-state index contributed by atoms with van der Waals surface area (Å²) in [5, 5.41) is 1.90. The number of carbonyl (C=O) groups is 2. The Morgan fingerprint density at radius 1 is 1.22 bits per heavy atom. The molecular formula is C15H17F3N2O2S. The molecule has 8 heteroatoms. The first kappa shape index (κ1) is 17.7. The number of nitrogens with zero attached hydrogens (tertiary/aromatic N) is 1. The standard InChI is InChI=1S/C15H17F3N2O2S/c16-15(17,18)14(22)19-9-10-5-7-20(8-6-10)13(21)11-3-1-2-4-12(11)23/h1-4,10,23H,5-9H2,(H,19,22). The van der Waals surface area contributed by atoms with Crippen molar-refractivity contribution in [1.29, 1.82) is 0 Å². The molecule has 0 unspecified atom stereocenters. The first-order valence-corrected chi connectivity index (χ1v) is 7.66. The molecule has 0 bridgehead atoms. The van der Waals surface area contributed by atoms with Crippen LogP contribution in [0.4, 0.5) is 13.2 Å². The molecule has 4 nitrogen and oxygen atoms in total. The third-order valence-corrected chi connectivity index (χ3v) is 4.23. The molecule has 1 aromatic carbocycles. The van der Waals surface area contributed by atoms with Crippen LogP contribution in [0.2, 0.25) is 0 Å². The first-order chi connectivity index (χ1) is 10.8. The highest BCUT2D eigenvalue weighted by Gasteiger charge is 2.38. The highest BCUT2D eigenvalue weighted by Crippen LogP contribution is 2.22. The average Bonchev–Trinajstić information content (AvgIpc) is 2.52. The number of thiol groups is 1. The molecular weight excluding hydrogens is 329 g/mol. The number of likely N-dealkylation sites (tertiary alicyclic amines) is 1. The Balaban J connectivity index is 1.83. The quantitative estimate of drug-likeness (QED) is 0.827. The Hall–Kier alpha value is -1.70. The molecule has 1 N–H and O–H groups in total. The summed E-state index contributed by atoms with van der Waals surface area (Å²) in [4.78, 5) is 25.4. The van der Waals surface area contributed by atoms with E-state index in [9.17, 15) is 22.8 Å². The summed E-state index contributed by atoms with van der Waals surface area (Å²) in [6, 6.07) is 6.97. The lowest BCUT2D eigenvalue weighted by Gasteiger charge is -2.32. The molecule has 0 aromatic heterocycles. The number of halogens is 3. The lowest BCUT2D eigenvalue weighted by Crippen LogP contribution is -2.44. The smallest absolute Gasteiger partial charge is 0.348 e. The summed E-state index contributed by atoms with van der Waals surface area (Å²) < 4.78 is 36.4. The maximum atomic E-state index is 12.4. The maximum Gasteiger partial charge on any atom is 0.471 e. The Labute approximate surface area is 137 Å². The third kappa shape index (κ3) is 4.63. The number of hydrogen-bond acceptors (Lipinski definition) is 3. The zero-order valence-corrected chi connectivity index (χ0v) is 13.2. The van der Waals surface area contributed by atoms with Crippen molar-refractivity contribution in [1.82, 2.24) is 10.2 Å². The molecule has 0 spiro atoms. The Morgan fingerprint density at radius 2 is 1.83 bits per heavy atom. The van der Waals surface area contributed by atoms with Gasteiger partial charge in [-0.05, 0) is 30.9 Å². The zero-order valence-electron chi connectivity index (χ0n) is 12.3. The van der Waals surface area contributed by atoms with E-state index in [1.165, 1.54) is 0 Å². The van der Waals surface area contributed by atoms with Gasteiger partial charge in [-0.1, -0.05) is 12.1 Å². The Kier molecular flexibility index (Phi) is 5.56. The van der Waals surface area contributed by atoms with Crippen molar-refractivity contribution >= 4 is 24.4 Å². The average molecular weight is 346 g/mol. The minimum absolute atomic E-state index is 0.0243. The lowest BCUT2D eigenvalue weighted by molar-refractivity contribution is -0.173. The van der Waals surface area contributed by atoms with Crippen LogP contribution in [-0.2, 0) is 4.79 Å². The van der Waals surface area contributed by atoms with Gasteiger partial charge in [0.15, 0.2) is 0 Å². The van der Waals surface area contributed by atoms with E-state index in [-0.39, 0.29) is 18.4 Å². The molecule has 2 amide bonds. The molecule has 126 valence electrons. The minimum Gasteiger partial charge on any atom is -0.348 e. The topological polar surface area (TPSA) is 49.4 Å². The van der Waals surface area contributed by atoms with Gasteiger partial charge in [-0.15, -0.1) is 12.6 Å². The number of hydrogen-bond donors (Lipinski definition) is 2. The van der Waals surface area contributed by atoms with E-state index in [4.69, 9.17) is 0 Å². The van der Waals surface area contributed by atoms with Crippen LogP contribution < -0.4 is 5.32 Å². The predicted octanol–water partition coefficient (Wildman–Crippen LogP) is 2.51. The molecule has 1 heterocycles. The van der Waals surface area contributed by atoms with Crippen LogP contribution in [0.3, 0.4) is 0 Å². The fraction of sp³-hybridized carbons (Fsp3) is 0.467. The molecule has 1 aliphatic rings. The molecule has 2 rings (SSSR count). The van der Waals surface area contributed by atoms with Gasteiger partial charge in [0, 0.05) is 24.5 Å². The normalized spacial score (nSPS) is 16.3. The molecule has 1 fully saturated rings. The van der Waals surface area contributed by atoms with E-state index in [2.05, 4.69) is 12.6 Å². The molecule has 0 atom stereocenters. The van der Waals surface area contributed by atoms with E-state index in [0.717, 1.165) is 0 Å². The Bertz CT molecular complexity index is 584. The number of carbonyl (C=O) groups excluding carboxylic acids is 2. The van der Waals surface area contributed by atoms with Crippen LogP contribution in [0.15, 0.2) is 29.2 Å². The molecule has 0 saturated carbocycles. The second kappa shape index (κ2) is 7.25. The summed E-state index contributed by atoms with van der Waals surface area (Å²) in [6.07, 6.45) is -3.75. The van der Waals surface area contributed by atoms with Crippen LogP contribution >= 0.6 is 12.6 Å². The van der Waals surface area contributed by atoms with Gasteiger partial charge in [0.05, 0.1) is 5.56 Å². The van der Waals surface area contributed by atoms with Gasteiger partial charge in [0.25, 0.3) is 5.91 Å². The highest BCUT2D eigenvalue weighted by atomic mass is 32.1. The van der Waals surface area contributed by atoms with Crippen LogP contribution in [0.25, 0.3) is 0 Å². The molecule has 1 saturated heterocycles. The second-order valence-electron chi connectivity index (χ2n) is 5.46. The van der Waals surface area contributed by atoms with Gasteiger partial charge in [0.1, 0.15) is 0 Å². The largest absolute Gasteiger partial charge is 0.471 e. The Morgan fingerprint density at radius 3 is 2.39 bits per heavy atom. The van der Waals surface area contributed by atoms with Crippen molar-refractivity contribution in [2.24, 2.45) is 5.92 Å². The third-order valence-electron chi connectivity index (χ3n) is 3.84. The summed E-state index contributed by atoms with van der Waals surface area (Å²) in [7, 11) is 0. The highest BCUT2D eigenvalue weighted by molar-refractivity contribution is 7.80. The van der Waals surface area contributed by atoms with Crippen molar-refractivity contribution in [2.45, 2.75) is 23.9 Å². The predicted molar refractivity (Wildman–Crippen MR) is 81.4 cm³/mol. The number of alkyl halides is 3. The fourth-order valence-electron chi connectivity index (χ4n) is 2.50. The number of rotatable bonds is 3. The summed E-state index contributed by atoms with van der Waals surface area (Å²) in [5.74, 6) is -2.11. The zero-order chi connectivity index (χ0) is 17.0. The molecule has 23 heavy (non-hydrogen) atoms. The van der Waals surface area contributed by atoms with Crippen LogP contribution in [-0.4, -0.2) is 42.5 Å². The maximum absolute atomic E-state index is 12.4. The van der Waals surface area contributed by atoms with Crippen LogP contribution in [0.1, 0.15) is 23.2 Å². The summed E-state index contributed by atoms with van der Waals surface area (Å²) >= 11 is 4.26. The minimum atomic E-state index is -4.85. The number of benzene rings is 1. The van der Waals surface area contributed by atoms with Gasteiger partial charge in [0.2, 0.25) is 0 Å². The van der Waals surface area contributed by atoms with Gasteiger partial charge < -0.3 is 10.2 Å². The fourth-order valence-corrected chi connectivity index (χ4v) is 2.76. The van der Waals surface area contributed by atoms with E-state index in [1.807, 2.05) is 5.32 Å². The van der Waals surface area contributed by atoms with Crippen molar-refractivity contribution in [3.8, 4) is 0 Å². The van der Waals surface area contributed by atoms with Crippen LogP contribution in [0.5, 0.6) is 0 Å². The number of amides is 2. The van der Waals surface area contributed by atoms with Gasteiger partial charge >= 0.3 is 12.1 Å². The lowest BCUT2D eigenvalue weighted by atomic mass is 9.96. The van der Waals surface area contributed by atoms with Gasteiger partial charge in [-0.25, -0.2) is 0 Å². The van der Waals surface area contributed by atoms with Crippen LogP contribution in [0, 0.1) is 5.92 Å². The number of nitrogens with one attached hydrogen (secondary N) is 1. The summed E-state index contributed by atoms with van der Waals surface area (Å²) in [5.41, 5.74) is 0.514. The SMILES string of the molecule is O=C(c1ccccc1S)N1CCC(CNC(=O)C(F)(F)F)CC1. The molecule has 1 aliphatic heterocycles. The summed E-state index contributed by atoms with van der Waals surface area (Å²) in [6.45, 7) is 0.879. The van der Waals surface area contributed by atoms with E-state index >= 15 is 0 Å². The second-order valence-corrected chi connectivity index (χ2v) is 5.94. The molecule has 1 aromatic rings. The van der Waals surface area contributed by atoms with Gasteiger partial charge in [-0.2, -0.15) is 13.2 Å². The van der Waals surface area contributed by atoms with Crippen molar-refractivity contribution in [2.75, 3.05) is 19.6 Å². The van der Waals surface area contributed by atoms with E-state index < -0.39 is 12.1 Å². The first-order valence-electron chi connectivity index (χ1n) is 7.21. The van der Waals surface area contributed by atoms with Crippen molar-refractivity contribution in [3.05, 3.63) is 29.8 Å². The van der Waals surface area contributed by atoms with E-state index in [0.29, 0.717) is 36.4 Å². The number of piperidine rings is 1. The van der Waals surface area contributed by atoms with E-state index in [1.54, 1.807) is 29.2 Å². The monoisotopic (exact) mass is 346 g/mol.